The van der Waals surface area contributed by atoms with Gasteiger partial charge < -0.3 is 14.5 Å². The number of methoxy groups -OCH3 is 1. The number of carbonyl (C=O) groups excluding carboxylic acids is 1. The minimum atomic E-state index is -0.320. The number of furan rings is 1. The van der Waals surface area contributed by atoms with Gasteiger partial charge in [0.2, 0.25) is 11.5 Å². The van der Waals surface area contributed by atoms with Crippen LogP contribution in [-0.4, -0.2) is 28.3 Å². The number of amides is 1. The second-order valence-corrected chi connectivity index (χ2v) is 8.63. The number of hydrogen-bond donors (Lipinski definition) is 1. The Hall–Kier alpha value is -4.04. The first-order valence-electron chi connectivity index (χ1n) is 10.6. The van der Waals surface area contributed by atoms with Gasteiger partial charge in [-0.25, -0.2) is 4.98 Å². The maximum Gasteiger partial charge on any atom is 0.302 e. The molecule has 2 heterocycles. The quantitative estimate of drug-likeness (QED) is 0.271. The van der Waals surface area contributed by atoms with Crippen LogP contribution in [0.25, 0.3) is 27.8 Å². The molecular weight excluding hydrogens is 450 g/mol. The molecule has 0 aliphatic heterocycles. The molecular formula is C26H21N3O4S. The number of nitrogens with one attached hydrogen (secondary N) is 1. The van der Waals surface area contributed by atoms with Crippen LogP contribution in [0.2, 0.25) is 0 Å². The van der Waals surface area contributed by atoms with Crippen molar-refractivity contribution in [2.45, 2.75) is 12.1 Å². The fourth-order valence-corrected chi connectivity index (χ4v) is 4.58. The van der Waals surface area contributed by atoms with Gasteiger partial charge in [-0.15, -0.1) is 0 Å². The third-order valence-electron chi connectivity index (χ3n) is 5.34. The molecule has 0 atom stereocenters. The lowest BCUT2D eigenvalue weighted by Crippen LogP contribution is -2.22. The van der Waals surface area contributed by atoms with E-state index < -0.39 is 0 Å². The van der Waals surface area contributed by atoms with Gasteiger partial charge in [-0.05, 0) is 48.9 Å². The Morgan fingerprint density at radius 1 is 1.09 bits per heavy atom. The minimum absolute atomic E-state index is 0.0532. The van der Waals surface area contributed by atoms with Gasteiger partial charge in [0.25, 0.3) is 0 Å². The van der Waals surface area contributed by atoms with Gasteiger partial charge in [-0.2, -0.15) is 0 Å². The zero-order valence-electron chi connectivity index (χ0n) is 18.6. The fraction of sp³-hybridized carbons (Fsp3) is 0.115. The Labute approximate surface area is 199 Å². The molecule has 3 aromatic carbocycles. The predicted molar refractivity (Wildman–Crippen MR) is 134 cm³/mol. The van der Waals surface area contributed by atoms with E-state index in [0.29, 0.717) is 33.4 Å². The number of aryl methyl sites for hydroxylation is 1. The van der Waals surface area contributed by atoms with E-state index in [-0.39, 0.29) is 22.8 Å². The van der Waals surface area contributed by atoms with E-state index >= 15 is 0 Å². The van der Waals surface area contributed by atoms with Crippen LogP contribution in [0.3, 0.4) is 0 Å². The van der Waals surface area contributed by atoms with Gasteiger partial charge in [-0.1, -0.05) is 48.2 Å². The average Bonchev–Trinajstić information content (AvgIpc) is 3.22. The molecule has 0 radical (unpaired) electrons. The van der Waals surface area contributed by atoms with Crippen molar-refractivity contribution in [3.05, 3.63) is 88.7 Å². The monoisotopic (exact) mass is 471 g/mol. The van der Waals surface area contributed by atoms with Crippen molar-refractivity contribution in [2.24, 2.45) is 0 Å². The van der Waals surface area contributed by atoms with Crippen molar-refractivity contribution in [2.75, 3.05) is 18.2 Å². The first-order chi connectivity index (χ1) is 16.5. The lowest BCUT2D eigenvalue weighted by Gasteiger charge is -2.13. The molecule has 0 saturated heterocycles. The highest BCUT2D eigenvalue weighted by molar-refractivity contribution is 7.99. The highest BCUT2D eigenvalue weighted by Crippen LogP contribution is 2.29. The average molecular weight is 472 g/mol. The number of para-hydroxylation sites is 3. The standard InChI is InChI=1S/C26H21N3O4S/c1-16-8-7-9-17(14-16)29-25(31)24-23(18-10-3-5-12-20(18)33-24)28-26(29)34-15-22(30)27-19-11-4-6-13-21(19)32-2/h3-14H,15H2,1-2H3,(H,27,30). The van der Waals surface area contributed by atoms with Crippen LogP contribution >= 0.6 is 11.8 Å². The fourth-order valence-electron chi connectivity index (χ4n) is 3.78. The molecule has 0 fully saturated rings. The molecule has 5 aromatic rings. The van der Waals surface area contributed by atoms with E-state index in [0.717, 1.165) is 10.9 Å². The summed E-state index contributed by atoms with van der Waals surface area (Å²) >= 11 is 1.19. The van der Waals surface area contributed by atoms with Gasteiger partial charge in [0.05, 0.1) is 24.2 Å². The largest absolute Gasteiger partial charge is 0.495 e. The number of nitrogens with zero attached hydrogens (tertiary/aromatic N) is 2. The van der Waals surface area contributed by atoms with Crippen LogP contribution in [0.5, 0.6) is 5.75 Å². The highest BCUT2D eigenvalue weighted by atomic mass is 32.2. The smallest absolute Gasteiger partial charge is 0.302 e. The summed E-state index contributed by atoms with van der Waals surface area (Å²) in [6.45, 7) is 1.95. The number of ether oxygens (including phenoxy) is 1. The summed E-state index contributed by atoms with van der Waals surface area (Å²) in [7, 11) is 1.55. The van der Waals surface area contributed by atoms with Crippen molar-refractivity contribution < 1.29 is 13.9 Å². The molecule has 0 spiro atoms. The van der Waals surface area contributed by atoms with E-state index in [1.807, 2.05) is 61.5 Å². The van der Waals surface area contributed by atoms with Crippen LogP contribution in [0.4, 0.5) is 5.69 Å². The molecule has 8 heteroatoms. The number of fused-ring (bicyclic) bond motifs is 3. The second kappa shape index (κ2) is 9.07. The van der Waals surface area contributed by atoms with Crippen LogP contribution in [0.15, 0.2) is 87.2 Å². The Kier molecular flexibility index (Phi) is 5.81. The Bertz CT molecular complexity index is 1590. The lowest BCUT2D eigenvalue weighted by molar-refractivity contribution is -0.113. The first kappa shape index (κ1) is 21.8. The molecule has 5 rings (SSSR count). The summed E-state index contributed by atoms with van der Waals surface area (Å²) in [5, 5.41) is 4.02. The van der Waals surface area contributed by atoms with Gasteiger partial charge in [0, 0.05) is 5.39 Å². The van der Waals surface area contributed by atoms with E-state index in [9.17, 15) is 9.59 Å². The number of rotatable bonds is 6. The molecule has 34 heavy (non-hydrogen) atoms. The number of anilines is 1. The Balaban J connectivity index is 1.56. The van der Waals surface area contributed by atoms with E-state index in [1.165, 1.54) is 16.3 Å². The molecule has 0 aliphatic carbocycles. The predicted octanol–water partition coefficient (Wildman–Crippen LogP) is 5.18. The van der Waals surface area contributed by atoms with Crippen molar-refractivity contribution in [3.8, 4) is 11.4 Å². The van der Waals surface area contributed by atoms with Gasteiger partial charge in [0.15, 0.2) is 5.16 Å². The second-order valence-electron chi connectivity index (χ2n) is 7.69. The first-order valence-corrected chi connectivity index (χ1v) is 11.6. The summed E-state index contributed by atoms with van der Waals surface area (Å²) in [5.74, 6) is 0.385. The highest BCUT2D eigenvalue weighted by Gasteiger charge is 2.20. The molecule has 0 saturated carbocycles. The Morgan fingerprint density at radius 3 is 2.71 bits per heavy atom. The van der Waals surface area contributed by atoms with Gasteiger partial charge in [0.1, 0.15) is 16.8 Å². The summed E-state index contributed by atoms with van der Waals surface area (Å²) < 4.78 is 12.7. The normalized spacial score (nSPS) is 11.1. The molecule has 7 nitrogen and oxygen atoms in total. The molecule has 1 N–H and O–H groups in total. The Morgan fingerprint density at radius 2 is 1.88 bits per heavy atom. The third-order valence-corrected chi connectivity index (χ3v) is 6.28. The summed E-state index contributed by atoms with van der Waals surface area (Å²) in [6.07, 6.45) is 0. The van der Waals surface area contributed by atoms with Gasteiger partial charge >= 0.3 is 5.56 Å². The van der Waals surface area contributed by atoms with Crippen molar-refractivity contribution in [3.63, 3.8) is 0 Å². The zero-order valence-corrected chi connectivity index (χ0v) is 19.4. The van der Waals surface area contributed by atoms with Crippen LogP contribution in [-0.2, 0) is 4.79 Å². The van der Waals surface area contributed by atoms with E-state index in [1.54, 1.807) is 25.3 Å². The van der Waals surface area contributed by atoms with E-state index in [4.69, 9.17) is 14.1 Å². The number of thioether (sulfide) groups is 1. The summed E-state index contributed by atoms with van der Waals surface area (Å²) in [5.41, 5.74) is 3.18. The van der Waals surface area contributed by atoms with Crippen molar-refractivity contribution in [1.29, 1.82) is 0 Å². The SMILES string of the molecule is COc1ccccc1NC(=O)CSc1nc2c(oc3ccccc32)c(=O)n1-c1cccc(C)c1. The molecule has 0 bridgehead atoms. The van der Waals surface area contributed by atoms with Gasteiger partial charge in [-0.3, -0.25) is 14.2 Å². The number of hydrogen-bond acceptors (Lipinski definition) is 6. The molecule has 0 aliphatic rings. The minimum Gasteiger partial charge on any atom is -0.495 e. The topological polar surface area (TPSA) is 86.4 Å². The zero-order chi connectivity index (χ0) is 23.7. The third kappa shape index (κ3) is 4.04. The number of carbonyl (C=O) groups is 1. The maximum atomic E-state index is 13.5. The molecule has 170 valence electrons. The van der Waals surface area contributed by atoms with Crippen molar-refractivity contribution >= 4 is 45.4 Å². The summed E-state index contributed by atoms with van der Waals surface area (Å²) in [4.78, 5) is 31.1. The molecule has 2 aromatic heterocycles. The van der Waals surface area contributed by atoms with E-state index in [2.05, 4.69) is 5.32 Å². The number of aromatic nitrogens is 2. The van der Waals surface area contributed by atoms with Crippen LogP contribution in [0.1, 0.15) is 5.56 Å². The van der Waals surface area contributed by atoms with Crippen LogP contribution < -0.4 is 15.6 Å². The summed E-state index contributed by atoms with van der Waals surface area (Å²) in [6, 6.07) is 22.2. The number of benzene rings is 3. The molecule has 1 amide bonds. The maximum absolute atomic E-state index is 13.5. The molecule has 0 unspecified atom stereocenters. The van der Waals surface area contributed by atoms with Crippen LogP contribution in [0, 0.1) is 6.92 Å². The van der Waals surface area contributed by atoms with Crippen molar-refractivity contribution in [1.82, 2.24) is 9.55 Å². The lowest BCUT2D eigenvalue weighted by atomic mass is 10.2.